The molecule has 0 aliphatic carbocycles. The van der Waals surface area contributed by atoms with Crippen LogP contribution in [0.25, 0.3) is 11.5 Å². The van der Waals surface area contributed by atoms with Gasteiger partial charge in [-0.3, -0.25) is 9.89 Å². The molecule has 1 aromatic carbocycles. The number of carbonyl (C=O) groups is 1. The Hall–Kier alpha value is -2.60. The third-order valence-corrected chi connectivity index (χ3v) is 3.73. The van der Waals surface area contributed by atoms with Crippen LogP contribution in [0.2, 0.25) is 5.02 Å². The van der Waals surface area contributed by atoms with Crippen molar-refractivity contribution in [3.8, 4) is 11.5 Å². The number of aromatic nitrogens is 2. The van der Waals surface area contributed by atoms with Crippen LogP contribution in [0.1, 0.15) is 21.7 Å². The van der Waals surface area contributed by atoms with E-state index in [0.717, 1.165) is 5.76 Å². The molecule has 0 bridgehead atoms. The quantitative estimate of drug-likeness (QED) is 0.749. The molecule has 23 heavy (non-hydrogen) atoms. The minimum Gasteiger partial charge on any atom is -0.460 e. The number of aryl methyl sites for hydroxylation is 1. The molecular formula is C16H13ClFN3O2. The molecule has 118 valence electrons. The molecule has 0 fully saturated rings. The maximum Gasteiger partial charge on any atom is 0.261 e. The molecule has 3 rings (SSSR count). The Labute approximate surface area is 136 Å². The van der Waals surface area contributed by atoms with Gasteiger partial charge in [-0.15, -0.1) is 0 Å². The summed E-state index contributed by atoms with van der Waals surface area (Å²) in [4.78, 5) is 12.2. The minimum atomic E-state index is -0.690. The van der Waals surface area contributed by atoms with Crippen molar-refractivity contribution < 1.29 is 13.6 Å². The van der Waals surface area contributed by atoms with Crippen molar-refractivity contribution in [1.29, 1.82) is 0 Å². The molecule has 0 spiro atoms. The van der Waals surface area contributed by atoms with E-state index in [1.807, 2.05) is 13.0 Å². The first kappa shape index (κ1) is 15.3. The highest BCUT2D eigenvalue weighted by atomic mass is 35.5. The fourth-order valence-electron chi connectivity index (χ4n) is 2.21. The number of rotatable bonds is 3. The molecule has 0 radical (unpaired) electrons. The molecular weight excluding hydrogens is 321 g/mol. The van der Waals surface area contributed by atoms with Gasteiger partial charge in [0.1, 0.15) is 17.3 Å². The molecule has 1 amide bonds. The molecule has 5 nitrogen and oxygen atoms in total. The van der Waals surface area contributed by atoms with Crippen molar-refractivity contribution in [3.63, 3.8) is 0 Å². The van der Waals surface area contributed by atoms with Gasteiger partial charge in [-0.25, -0.2) is 4.39 Å². The molecule has 2 heterocycles. The summed E-state index contributed by atoms with van der Waals surface area (Å²) >= 11 is 5.89. The average Bonchev–Trinajstić information content (AvgIpc) is 3.06. The van der Waals surface area contributed by atoms with Gasteiger partial charge in [0.25, 0.3) is 5.91 Å². The maximum atomic E-state index is 13.8. The summed E-state index contributed by atoms with van der Waals surface area (Å²) in [6.45, 7) is 3.60. The van der Waals surface area contributed by atoms with E-state index in [1.165, 1.54) is 18.2 Å². The van der Waals surface area contributed by atoms with E-state index in [1.54, 1.807) is 13.0 Å². The maximum absolute atomic E-state index is 13.8. The summed E-state index contributed by atoms with van der Waals surface area (Å²) in [6, 6.07) is 7.69. The number of anilines is 1. The van der Waals surface area contributed by atoms with Gasteiger partial charge in [0.05, 0.1) is 10.6 Å². The number of nitrogens with one attached hydrogen (secondary N) is 2. The number of hydrogen-bond acceptors (Lipinski definition) is 3. The lowest BCUT2D eigenvalue weighted by molar-refractivity contribution is 0.102. The number of furan rings is 1. The zero-order chi connectivity index (χ0) is 16.6. The van der Waals surface area contributed by atoms with Crippen molar-refractivity contribution in [2.24, 2.45) is 0 Å². The molecule has 7 heteroatoms. The number of H-pyrrole nitrogens is 1. The van der Waals surface area contributed by atoms with E-state index in [9.17, 15) is 9.18 Å². The monoisotopic (exact) mass is 333 g/mol. The van der Waals surface area contributed by atoms with Gasteiger partial charge in [0.2, 0.25) is 0 Å². The van der Waals surface area contributed by atoms with E-state index < -0.39 is 11.7 Å². The van der Waals surface area contributed by atoms with Crippen molar-refractivity contribution in [1.82, 2.24) is 10.2 Å². The first-order chi connectivity index (χ1) is 11.0. The summed E-state index contributed by atoms with van der Waals surface area (Å²) in [5.74, 6) is 0.308. The van der Waals surface area contributed by atoms with Crippen LogP contribution in [0.5, 0.6) is 0 Å². The van der Waals surface area contributed by atoms with Gasteiger partial charge < -0.3 is 9.73 Å². The Kier molecular flexibility index (Phi) is 3.92. The van der Waals surface area contributed by atoms with Crippen molar-refractivity contribution in [2.45, 2.75) is 13.8 Å². The zero-order valence-electron chi connectivity index (χ0n) is 12.4. The van der Waals surface area contributed by atoms with E-state index in [-0.39, 0.29) is 10.6 Å². The van der Waals surface area contributed by atoms with Crippen molar-refractivity contribution in [3.05, 3.63) is 58.1 Å². The number of carbonyl (C=O) groups excluding carboxylic acids is 1. The predicted octanol–water partition coefficient (Wildman–Crippen LogP) is 4.33. The molecule has 0 saturated heterocycles. The number of nitrogens with zero attached hydrogens (tertiary/aromatic N) is 1. The van der Waals surface area contributed by atoms with E-state index in [4.69, 9.17) is 16.0 Å². The highest BCUT2D eigenvalue weighted by Gasteiger charge is 2.20. The minimum absolute atomic E-state index is 0.0394. The fourth-order valence-corrected chi connectivity index (χ4v) is 2.46. The summed E-state index contributed by atoms with van der Waals surface area (Å²) in [5.41, 5.74) is 1.11. The van der Waals surface area contributed by atoms with Gasteiger partial charge in [-0.2, -0.15) is 5.10 Å². The topological polar surface area (TPSA) is 70.9 Å². The standard InChI is InChI=1S/C16H13ClFN3O2/c1-8-6-7-12(23-8)14-9(2)15(21-20-14)19-16(22)13-10(17)4-3-5-11(13)18/h3-7H,1-2H3,(H2,19,20,21,22). The van der Waals surface area contributed by atoms with E-state index >= 15 is 0 Å². The Morgan fingerprint density at radius 1 is 1.30 bits per heavy atom. The second-order valence-electron chi connectivity index (χ2n) is 5.03. The van der Waals surface area contributed by atoms with E-state index in [0.29, 0.717) is 22.8 Å². The summed E-state index contributed by atoms with van der Waals surface area (Å²) in [6.07, 6.45) is 0. The van der Waals surface area contributed by atoms with Crippen LogP contribution in [0.3, 0.4) is 0 Å². The van der Waals surface area contributed by atoms with Gasteiger partial charge in [0.15, 0.2) is 11.6 Å². The number of amides is 1. The Bertz CT molecular complexity index is 865. The normalized spacial score (nSPS) is 10.8. The molecule has 0 saturated carbocycles. The fraction of sp³-hybridized carbons (Fsp3) is 0.125. The lowest BCUT2D eigenvalue weighted by Gasteiger charge is -2.06. The van der Waals surface area contributed by atoms with Crippen LogP contribution in [0.15, 0.2) is 34.7 Å². The third kappa shape index (κ3) is 2.85. The highest BCUT2D eigenvalue weighted by Crippen LogP contribution is 2.28. The SMILES string of the molecule is Cc1ccc(-c2[nH]nc(NC(=O)c3c(F)cccc3Cl)c2C)o1. The second kappa shape index (κ2) is 5.89. The molecule has 0 aliphatic heterocycles. The van der Waals surface area contributed by atoms with E-state index in [2.05, 4.69) is 15.5 Å². The summed E-state index contributed by atoms with van der Waals surface area (Å²) in [7, 11) is 0. The Morgan fingerprint density at radius 3 is 2.74 bits per heavy atom. The third-order valence-electron chi connectivity index (χ3n) is 3.42. The van der Waals surface area contributed by atoms with Gasteiger partial charge >= 0.3 is 0 Å². The first-order valence-electron chi connectivity index (χ1n) is 6.84. The smallest absolute Gasteiger partial charge is 0.261 e. The van der Waals surface area contributed by atoms with Crippen LogP contribution < -0.4 is 5.32 Å². The largest absolute Gasteiger partial charge is 0.460 e. The van der Waals surface area contributed by atoms with Gasteiger partial charge in [0, 0.05) is 5.56 Å². The Balaban J connectivity index is 1.89. The van der Waals surface area contributed by atoms with Gasteiger partial charge in [-0.1, -0.05) is 17.7 Å². The number of halogens is 2. The average molecular weight is 334 g/mol. The molecule has 3 aromatic rings. The molecule has 0 atom stereocenters. The van der Waals surface area contributed by atoms with Crippen molar-refractivity contribution >= 4 is 23.3 Å². The number of hydrogen-bond donors (Lipinski definition) is 2. The predicted molar refractivity (Wildman–Crippen MR) is 85.1 cm³/mol. The summed E-state index contributed by atoms with van der Waals surface area (Å²) in [5, 5.41) is 9.45. The molecule has 2 aromatic heterocycles. The van der Waals surface area contributed by atoms with Crippen LogP contribution in [0.4, 0.5) is 10.2 Å². The molecule has 0 aliphatic rings. The first-order valence-corrected chi connectivity index (χ1v) is 7.22. The Morgan fingerprint density at radius 2 is 2.09 bits per heavy atom. The summed E-state index contributed by atoms with van der Waals surface area (Å²) < 4.78 is 19.3. The van der Waals surface area contributed by atoms with Crippen LogP contribution in [-0.2, 0) is 0 Å². The lowest BCUT2D eigenvalue weighted by Crippen LogP contribution is -2.15. The zero-order valence-corrected chi connectivity index (χ0v) is 13.2. The molecule has 2 N–H and O–H groups in total. The van der Waals surface area contributed by atoms with Gasteiger partial charge in [-0.05, 0) is 38.1 Å². The van der Waals surface area contributed by atoms with Crippen LogP contribution >= 0.6 is 11.6 Å². The van der Waals surface area contributed by atoms with Crippen LogP contribution in [0, 0.1) is 19.7 Å². The second-order valence-corrected chi connectivity index (χ2v) is 5.44. The number of aromatic amines is 1. The lowest BCUT2D eigenvalue weighted by atomic mass is 10.2. The van der Waals surface area contributed by atoms with Crippen LogP contribution in [-0.4, -0.2) is 16.1 Å². The number of benzene rings is 1. The highest BCUT2D eigenvalue weighted by molar-refractivity contribution is 6.34. The van der Waals surface area contributed by atoms with Crippen molar-refractivity contribution in [2.75, 3.05) is 5.32 Å². The molecule has 0 unspecified atom stereocenters.